The molecule has 1 atom stereocenters. The van der Waals surface area contributed by atoms with Gasteiger partial charge in [-0.25, -0.2) is 13.8 Å². The molecule has 1 saturated heterocycles. The maximum Gasteiger partial charge on any atom is 0.274 e. The molecule has 3 aromatic rings. The molecule has 172 valence electrons. The van der Waals surface area contributed by atoms with Crippen molar-refractivity contribution in [3.63, 3.8) is 0 Å². The van der Waals surface area contributed by atoms with Crippen LogP contribution in [0.25, 0.3) is 0 Å². The summed E-state index contributed by atoms with van der Waals surface area (Å²) in [5.74, 6) is -4.20. The van der Waals surface area contributed by atoms with Crippen LogP contribution in [0.15, 0.2) is 48.5 Å². The zero-order chi connectivity index (χ0) is 23.4. The van der Waals surface area contributed by atoms with Gasteiger partial charge in [0.1, 0.15) is 0 Å². The number of carbonyl (C=O) groups excluding carboxylic acids is 1. The highest BCUT2D eigenvalue weighted by Gasteiger charge is 2.30. The molecule has 3 N–H and O–H groups in total. The molecule has 0 spiro atoms. The van der Waals surface area contributed by atoms with Gasteiger partial charge in [-0.2, -0.15) is 4.98 Å². The maximum absolute atomic E-state index is 13.4. The number of aromatic nitrogens is 2. The van der Waals surface area contributed by atoms with Crippen molar-refractivity contribution in [2.45, 2.75) is 12.6 Å². The topological polar surface area (TPSA) is 108 Å². The van der Waals surface area contributed by atoms with Crippen molar-refractivity contribution >= 4 is 5.91 Å². The molecule has 1 aliphatic rings. The van der Waals surface area contributed by atoms with E-state index in [-0.39, 0.29) is 12.4 Å². The number of nitrogens with one attached hydrogen (secondary N) is 1. The second kappa shape index (κ2) is 9.88. The van der Waals surface area contributed by atoms with Crippen molar-refractivity contribution in [3.8, 4) is 11.6 Å². The lowest BCUT2D eigenvalue weighted by molar-refractivity contribution is 0.0222. The van der Waals surface area contributed by atoms with Gasteiger partial charge in [0.15, 0.2) is 23.2 Å². The van der Waals surface area contributed by atoms with E-state index in [4.69, 9.17) is 4.74 Å². The molecular formula is C23H22F2N4O4. The third kappa shape index (κ3) is 5.07. The molecule has 33 heavy (non-hydrogen) atoms. The molecule has 8 nitrogen and oxygen atoms in total. The van der Waals surface area contributed by atoms with Crippen LogP contribution in [0.5, 0.6) is 11.6 Å². The minimum atomic E-state index is -1.04. The fraction of sp³-hybridized carbons (Fsp3) is 0.261. The molecule has 2 aromatic carbocycles. The van der Waals surface area contributed by atoms with E-state index in [0.29, 0.717) is 31.9 Å². The summed E-state index contributed by atoms with van der Waals surface area (Å²) in [6.45, 7) is 2.05. The summed E-state index contributed by atoms with van der Waals surface area (Å²) >= 11 is 0. The van der Waals surface area contributed by atoms with Crippen LogP contribution in [0.4, 0.5) is 8.78 Å². The lowest BCUT2D eigenvalue weighted by Crippen LogP contribution is -2.40. The van der Waals surface area contributed by atoms with E-state index in [0.717, 1.165) is 17.7 Å². The van der Waals surface area contributed by atoms with Crippen LogP contribution < -0.4 is 5.32 Å². The molecule has 1 aliphatic heterocycles. The van der Waals surface area contributed by atoms with Crippen molar-refractivity contribution < 1.29 is 28.5 Å². The molecule has 1 amide bonds. The highest BCUT2D eigenvalue weighted by Crippen LogP contribution is 2.32. The molecule has 1 unspecified atom stereocenters. The Morgan fingerprint density at radius 2 is 1.79 bits per heavy atom. The third-order valence-electron chi connectivity index (χ3n) is 5.31. The molecule has 10 heteroatoms. The largest absolute Gasteiger partial charge is 0.501 e. The molecule has 1 aromatic heterocycles. The lowest BCUT2D eigenvalue weighted by Gasteiger charge is -2.34. The molecule has 1 fully saturated rings. The van der Waals surface area contributed by atoms with Gasteiger partial charge >= 0.3 is 0 Å². The fourth-order valence-electron chi connectivity index (χ4n) is 3.65. The van der Waals surface area contributed by atoms with E-state index in [1.54, 1.807) is 0 Å². The number of amides is 1. The number of hydrogen-bond acceptors (Lipinski definition) is 7. The predicted octanol–water partition coefficient (Wildman–Crippen LogP) is 2.52. The molecule has 0 saturated carbocycles. The predicted molar refractivity (Wildman–Crippen MR) is 114 cm³/mol. The number of aromatic hydroxyl groups is 2. The smallest absolute Gasteiger partial charge is 0.274 e. The number of morpholine rings is 1. The van der Waals surface area contributed by atoms with Gasteiger partial charge in [-0.05, 0) is 23.3 Å². The first-order valence-electron chi connectivity index (χ1n) is 10.3. The van der Waals surface area contributed by atoms with Crippen molar-refractivity contribution in [3.05, 3.63) is 82.8 Å². The molecule has 2 heterocycles. The Kier molecular flexibility index (Phi) is 6.76. The van der Waals surface area contributed by atoms with Crippen molar-refractivity contribution in [2.75, 3.05) is 26.3 Å². The van der Waals surface area contributed by atoms with Crippen LogP contribution in [0, 0.1) is 11.6 Å². The highest BCUT2D eigenvalue weighted by molar-refractivity contribution is 5.95. The average molecular weight is 456 g/mol. The molecule has 0 aliphatic carbocycles. The standard InChI is InChI=1S/C23H22F2N4O4/c24-16-7-6-14(12-17(16)25)13-26-22(31)18-20(30)23(32)28-21(27-18)19(15-4-2-1-3-5-15)29-8-10-33-11-9-29/h1-7,12,19,30H,8-11,13H2,(H,26,31)(H,27,28,32). The number of carbonyl (C=O) groups is 1. The third-order valence-corrected chi connectivity index (χ3v) is 5.31. The second-order valence-corrected chi connectivity index (χ2v) is 7.50. The minimum Gasteiger partial charge on any atom is -0.501 e. The second-order valence-electron chi connectivity index (χ2n) is 7.50. The van der Waals surface area contributed by atoms with E-state index in [9.17, 15) is 23.8 Å². The lowest BCUT2D eigenvalue weighted by atomic mass is 10.0. The number of rotatable bonds is 6. The molecule has 4 rings (SSSR count). The Balaban J connectivity index is 1.64. The Morgan fingerprint density at radius 1 is 1.06 bits per heavy atom. The van der Waals surface area contributed by atoms with Gasteiger partial charge in [0.2, 0.25) is 5.75 Å². The minimum absolute atomic E-state index is 0.136. The summed E-state index contributed by atoms with van der Waals surface area (Å²) in [5, 5.41) is 23.0. The van der Waals surface area contributed by atoms with Crippen molar-refractivity contribution in [2.24, 2.45) is 0 Å². The van der Waals surface area contributed by atoms with Gasteiger partial charge in [0, 0.05) is 19.6 Å². The molecule has 0 bridgehead atoms. The number of ether oxygens (including phenoxy) is 1. The Bertz CT molecular complexity index is 1140. The summed E-state index contributed by atoms with van der Waals surface area (Å²) in [5.41, 5.74) is 0.739. The van der Waals surface area contributed by atoms with Crippen LogP contribution in [0.3, 0.4) is 0 Å². The van der Waals surface area contributed by atoms with Crippen LogP contribution in [0.2, 0.25) is 0 Å². The zero-order valence-corrected chi connectivity index (χ0v) is 17.5. The van der Waals surface area contributed by atoms with E-state index in [1.807, 2.05) is 30.3 Å². The summed E-state index contributed by atoms with van der Waals surface area (Å²) in [6, 6.07) is 12.1. The van der Waals surface area contributed by atoms with Gasteiger partial charge in [-0.3, -0.25) is 9.69 Å². The first-order chi connectivity index (χ1) is 15.9. The van der Waals surface area contributed by atoms with E-state index < -0.39 is 40.9 Å². The number of halogens is 2. The van der Waals surface area contributed by atoms with E-state index in [1.165, 1.54) is 6.07 Å². The van der Waals surface area contributed by atoms with Gasteiger partial charge in [0.05, 0.1) is 19.3 Å². The summed E-state index contributed by atoms with van der Waals surface area (Å²) in [7, 11) is 0. The first kappa shape index (κ1) is 22.6. The van der Waals surface area contributed by atoms with Gasteiger partial charge < -0.3 is 20.3 Å². The van der Waals surface area contributed by atoms with Crippen molar-refractivity contribution in [1.82, 2.24) is 20.2 Å². The average Bonchev–Trinajstić information content (AvgIpc) is 2.83. The Labute approximate surface area is 188 Å². The first-order valence-corrected chi connectivity index (χ1v) is 10.3. The molecular weight excluding hydrogens is 434 g/mol. The fourth-order valence-corrected chi connectivity index (χ4v) is 3.65. The number of hydrogen-bond donors (Lipinski definition) is 3. The summed E-state index contributed by atoms with van der Waals surface area (Å²) in [6.07, 6.45) is 0. The molecule has 0 radical (unpaired) electrons. The quantitative estimate of drug-likeness (QED) is 0.523. The monoisotopic (exact) mass is 456 g/mol. The summed E-state index contributed by atoms with van der Waals surface area (Å²) < 4.78 is 32.0. The zero-order valence-electron chi connectivity index (χ0n) is 17.5. The highest BCUT2D eigenvalue weighted by atomic mass is 19.2. The Hall–Kier alpha value is -3.63. The number of benzene rings is 2. The van der Waals surface area contributed by atoms with Gasteiger partial charge in [-0.1, -0.05) is 36.4 Å². The van der Waals surface area contributed by atoms with Gasteiger partial charge in [0.25, 0.3) is 11.8 Å². The normalized spacial score (nSPS) is 15.2. The van der Waals surface area contributed by atoms with Crippen LogP contribution in [0.1, 0.15) is 33.5 Å². The maximum atomic E-state index is 13.4. The van der Waals surface area contributed by atoms with Crippen LogP contribution >= 0.6 is 0 Å². The van der Waals surface area contributed by atoms with Crippen LogP contribution in [-0.2, 0) is 11.3 Å². The van der Waals surface area contributed by atoms with Crippen molar-refractivity contribution in [1.29, 1.82) is 0 Å². The Morgan fingerprint density at radius 3 is 2.48 bits per heavy atom. The number of nitrogens with zero attached hydrogens (tertiary/aromatic N) is 3. The summed E-state index contributed by atoms with van der Waals surface area (Å²) in [4.78, 5) is 23.1. The van der Waals surface area contributed by atoms with E-state index >= 15 is 0 Å². The van der Waals surface area contributed by atoms with Crippen LogP contribution in [-0.4, -0.2) is 57.3 Å². The van der Waals surface area contributed by atoms with E-state index in [2.05, 4.69) is 20.2 Å². The van der Waals surface area contributed by atoms with Gasteiger partial charge in [-0.15, -0.1) is 0 Å². The SMILES string of the molecule is O=C(NCc1ccc(F)c(F)c1)c1nc(C(c2ccccc2)N2CCOCC2)nc(O)c1O.